The number of hydrogen-bond donors (Lipinski definition) is 0. The molecule has 8 aromatic heterocycles. The van der Waals surface area contributed by atoms with E-state index in [-0.39, 0.29) is 0 Å². The quantitative estimate of drug-likeness (QED) is 0.134. The summed E-state index contributed by atoms with van der Waals surface area (Å²) in [5.74, 6) is 3.33. The van der Waals surface area contributed by atoms with Gasteiger partial charge in [0.2, 0.25) is 0 Å². The molecule has 9 aromatic rings. The van der Waals surface area contributed by atoms with Crippen LogP contribution < -0.4 is 0 Å². The van der Waals surface area contributed by atoms with Gasteiger partial charge in [-0.25, -0.2) is 14.6 Å². The molecule has 78 heavy (non-hydrogen) atoms. The van der Waals surface area contributed by atoms with E-state index in [0.717, 1.165) is 48.7 Å². The lowest BCUT2D eigenvalue weighted by molar-refractivity contribution is 0.475. The Kier molecular flexibility index (Phi) is 24.6. The largest absolute Gasteiger partial charge is 0.304 e. The second-order valence-corrected chi connectivity index (χ2v) is 22.9. The molecule has 0 bridgehead atoms. The highest BCUT2D eigenvalue weighted by atomic mass is 32.1. The minimum absolute atomic E-state index is 0.520. The van der Waals surface area contributed by atoms with E-state index >= 15 is 0 Å². The molecule has 9 heterocycles. The predicted molar refractivity (Wildman–Crippen MR) is 329 cm³/mol. The fourth-order valence-electron chi connectivity index (χ4n) is 10.7. The number of hydrogen-bond acceptors (Lipinski definition) is 8. The maximum absolute atomic E-state index is 4.71. The molecule has 0 amide bonds. The lowest BCUT2D eigenvalue weighted by Crippen LogP contribution is -2.12. The van der Waals surface area contributed by atoms with Gasteiger partial charge < -0.3 is 4.40 Å². The Morgan fingerprint density at radius 3 is 1.77 bits per heavy atom. The average Bonchev–Trinajstić information content (AvgIpc) is 4.32. The van der Waals surface area contributed by atoms with E-state index in [0.29, 0.717) is 35.5 Å². The molecule has 1 aliphatic carbocycles. The zero-order valence-electron chi connectivity index (χ0n) is 51.6. The summed E-state index contributed by atoms with van der Waals surface area (Å²) in [5, 5.41) is 25.6. The maximum Gasteiger partial charge on any atom is 0.193 e. The zero-order valence-corrected chi connectivity index (χ0v) is 52.4. The van der Waals surface area contributed by atoms with Crippen LogP contribution in [-0.4, -0.2) is 63.1 Å². The molecule has 0 N–H and O–H groups in total. The SMILES string of the molecule is CC.CC(C)c1cnc2ccccn12.CC(C)c1cnc2sccn12.CC(C)c1nnn2c1CCCC2.CCc1nn(CC)c(C(C)C)c1C.CCn1nc2c(c1C(C)C)CCCC2.CCn1nc2ccccc2c1C(C)C. The summed E-state index contributed by atoms with van der Waals surface area (Å²) >= 11 is 1.68. The smallest absolute Gasteiger partial charge is 0.193 e. The van der Waals surface area contributed by atoms with Crippen molar-refractivity contribution in [3.8, 4) is 0 Å². The Morgan fingerprint density at radius 1 is 0.564 bits per heavy atom. The molecular weight excluding hydrogens is 983 g/mol. The molecule has 0 atom stereocenters. The van der Waals surface area contributed by atoms with Crippen molar-refractivity contribution in [1.82, 2.24) is 63.1 Å². The second kappa shape index (κ2) is 30.5. The van der Waals surface area contributed by atoms with E-state index < -0.39 is 0 Å². The van der Waals surface area contributed by atoms with E-state index in [2.05, 4.69) is 212 Å². The summed E-state index contributed by atoms with van der Waals surface area (Å²) in [5.41, 5.74) is 17.1. The van der Waals surface area contributed by atoms with Gasteiger partial charge in [0.1, 0.15) is 5.65 Å². The van der Waals surface area contributed by atoms with Gasteiger partial charge in [-0.3, -0.25) is 18.4 Å². The number of aryl methyl sites for hydroxylation is 6. The number of rotatable bonds is 10. The third-order valence-corrected chi connectivity index (χ3v) is 15.2. The lowest BCUT2D eigenvalue weighted by Gasteiger charge is -2.13. The van der Waals surface area contributed by atoms with Crippen molar-refractivity contribution in [2.45, 2.75) is 245 Å². The van der Waals surface area contributed by atoms with Gasteiger partial charge >= 0.3 is 0 Å². The van der Waals surface area contributed by atoms with Crippen molar-refractivity contribution in [1.29, 1.82) is 0 Å². The topological polar surface area (TPSA) is 119 Å². The van der Waals surface area contributed by atoms with Crippen molar-refractivity contribution >= 4 is 32.8 Å². The van der Waals surface area contributed by atoms with Crippen LogP contribution >= 0.6 is 11.3 Å². The number of benzene rings is 1. The summed E-state index contributed by atoms with van der Waals surface area (Å²) in [6.07, 6.45) is 17.9. The number of thiazole rings is 1. The Hall–Kier alpha value is -5.89. The van der Waals surface area contributed by atoms with Gasteiger partial charge in [0.25, 0.3) is 0 Å². The monoisotopic (exact) mass is 1080 g/mol. The fraction of sp³-hybridized carbons (Fsp3) is 0.578. The van der Waals surface area contributed by atoms with Gasteiger partial charge in [-0.15, -0.1) is 16.4 Å². The number of fused-ring (bicyclic) bond motifs is 5. The van der Waals surface area contributed by atoms with Crippen LogP contribution in [0.4, 0.5) is 0 Å². The molecule has 2 aliphatic rings. The van der Waals surface area contributed by atoms with Crippen LogP contribution in [-0.2, 0) is 51.9 Å². The molecule has 0 spiro atoms. The molecular formula is C64H99N13S. The molecule has 11 rings (SSSR count). The van der Waals surface area contributed by atoms with Crippen LogP contribution in [0.2, 0.25) is 0 Å². The maximum atomic E-state index is 4.71. The number of aromatic nitrogens is 13. The van der Waals surface area contributed by atoms with Crippen LogP contribution in [0.1, 0.15) is 248 Å². The highest BCUT2D eigenvalue weighted by molar-refractivity contribution is 7.15. The first-order valence-electron chi connectivity index (χ1n) is 29.8. The Balaban J connectivity index is 0.000000172. The molecule has 0 radical (unpaired) electrons. The first-order valence-corrected chi connectivity index (χ1v) is 30.7. The molecule has 0 fully saturated rings. The summed E-state index contributed by atoms with van der Waals surface area (Å²) in [7, 11) is 0. The van der Waals surface area contributed by atoms with Gasteiger partial charge in [0.05, 0.1) is 34.5 Å². The molecule has 13 nitrogen and oxygen atoms in total. The van der Waals surface area contributed by atoms with Gasteiger partial charge in [-0.05, 0) is 144 Å². The molecule has 0 unspecified atom stereocenters. The molecule has 426 valence electrons. The molecule has 0 saturated carbocycles. The molecule has 14 heteroatoms. The minimum atomic E-state index is 0.520. The van der Waals surface area contributed by atoms with E-state index in [1.54, 1.807) is 16.9 Å². The first-order chi connectivity index (χ1) is 37.4. The van der Waals surface area contributed by atoms with Crippen molar-refractivity contribution in [2.24, 2.45) is 0 Å². The second-order valence-electron chi connectivity index (χ2n) is 22.1. The number of imidazole rings is 2. The van der Waals surface area contributed by atoms with E-state index in [9.17, 15) is 0 Å². The van der Waals surface area contributed by atoms with Crippen LogP contribution in [0.5, 0.6) is 0 Å². The molecule has 1 aromatic carbocycles. The normalized spacial score (nSPS) is 12.8. The lowest BCUT2D eigenvalue weighted by atomic mass is 9.92. The Bertz CT molecular complexity index is 3160. The predicted octanol–water partition coefficient (Wildman–Crippen LogP) is 16.7. The van der Waals surface area contributed by atoms with Gasteiger partial charge in [0.15, 0.2) is 4.96 Å². The van der Waals surface area contributed by atoms with Gasteiger partial charge in [-0.1, -0.05) is 133 Å². The van der Waals surface area contributed by atoms with Crippen LogP contribution in [0.15, 0.2) is 72.6 Å². The first kappa shape index (κ1) is 62.9. The zero-order chi connectivity index (χ0) is 57.2. The average molecular weight is 1080 g/mol. The van der Waals surface area contributed by atoms with Gasteiger partial charge in [-0.2, -0.15) is 15.3 Å². The molecule has 1 aliphatic heterocycles. The third-order valence-electron chi connectivity index (χ3n) is 14.4. The molecule has 0 saturated heterocycles. The van der Waals surface area contributed by atoms with Crippen LogP contribution in [0.25, 0.3) is 21.5 Å². The third kappa shape index (κ3) is 15.5. The van der Waals surface area contributed by atoms with Crippen molar-refractivity contribution in [2.75, 3.05) is 0 Å². The highest BCUT2D eigenvalue weighted by Crippen LogP contribution is 2.30. The van der Waals surface area contributed by atoms with Crippen molar-refractivity contribution in [3.05, 3.63) is 135 Å². The fourth-order valence-corrected chi connectivity index (χ4v) is 11.4. The highest BCUT2D eigenvalue weighted by Gasteiger charge is 2.22. The Morgan fingerprint density at radius 2 is 1.15 bits per heavy atom. The Labute approximate surface area is 473 Å². The van der Waals surface area contributed by atoms with Crippen molar-refractivity contribution in [3.63, 3.8) is 0 Å². The van der Waals surface area contributed by atoms with E-state index in [1.807, 2.05) is 50.5 Å². The number of nitrogens with zero attached hydrogens (tertiary/aromatic N) is 13. The summed E-state index contributed by atoms with van der Waals surface area (Å²) < 4.78 is 12.8. The summed E-state index contributed by atoms with van der Waals surface area (Å²) in [6.45, 7) is 45.4. The minimum Gasteiger partial charge on any atom is -0.304 e. The number of pyridine rings is 1. The van der Waals surface area contributed by atoms with Crippen LogP contribution in [0, 0.1) is 6.92 Å². The van der Waals surface area contributed by atoms with E-state index in [4.69, 9.17) is 5.10 Å². The van der Waals surface area contributed by atoms with Gasteiger partial charge in [0, 0.05) is 84.0 Å². The van der Waals surface area contributed by atoms with Crippen LogP contribution in [0.3, 0.4) is 0 Å². The summed E-state index contributed by atoms with van der Waals surface area (Å²) in [6, 6.07) is 14.4. The standard InChI is InChI=1S/C12H20N2.C12H16N2.C11H20N2.C10H12N2.C9H15N3.C8H10N2S.C2H6/c2*1-4-14-12(9(2)3)10-7-5-6-8-11(10)13-14;1-6-10-9(5)11(8(3)4)13(7-2)12-10;1-8(2)9-7-11-10-5-3-4-6-12(9)10;1-7(2)9-8-5-3-4-6-12(8)11-10-9;1-6(2)7-5-9-8-10(7)3-4-11-8;1-2/h9H,4-8H2,1-3H3;5-9H,4H2,1-3H3;8H,6-7H2,1-5H3;3-8H,1-2H3;7H,3-6H2,1-2H3;3-6H,1-2H3;1-2H3. The van der Waals surface area contributed by atoms with E-state index in [1.165, 1.54) is 107 Å². The summed E-state index contributed by atoms with van der Waals surface area (Å²) in [4.78, 5) is 9.68. The van der Waals surface area contributed by atoms with Crippen molar-refractivity contribution < 1.29 is 0 Å².